The van der Waals surface area contributed by atoms with E-state index in [0.717, 1.165) is 30.6 Å². The van der Waals surface area contributed by atoms with E-state index in [2.05, 4.69) is 20.7 Å². The highest BCUT2D eigenvalue weighted by Crippen LogP contribution is 2.16. The number of amides is 1. The molecule has 22 heavy (non-hydrogen) atoms. The summed E-state index contributed by atoms with van der Waals surface area (Å²) in [6.07, 6.45) is 5.98. The van der Waals surface area contributed by atoms with Gasteiger partial charge in [0, 0.05) is 12.5 Å². The predicted octanol–water partition coefficient (Wildman–Crippen LogP) is 1.59. The zero-order valence-electron chi connectivity index (χ0n) is 12.7. The summed E-state index contributed by atoms with van der Waals surface area (Å²) in [7, 11) is 0. The van der Waals surface area contributed by atoms with Crippen LogP contribution in [0.25, 0.3) is 5.69 Å². The summed E-state index contributed by atoms with van der Waals surface area (Å²) in [5, 5.41) is 10.5. The average molecular weight is 299 g/mol. The third-order valence-electron chi connectivity index (χ3n) is 4.05. The van der Waals surface area contributed by atoms with Crippen LogP contribution in [-0.2, 0) is 4.79 Å². The number of rotatable bonds is 5. The minimum atomic E-state index is -0.00120. The SMILES string of the molecule is CC(NC(=O)CC1CCCN1)c1ccc(-n2cncn2)cc1. The van der Waals surface area contributed by atoms with Gasteiger partial charge in [-0.3, -0.25) is 4.79 Å². The summed E-state index contributed by atoms with van der Waals surface area (Å²) in [6.45, 7) is 3.03. The number of aromatic nitrogens is 3. The summed E-state index contributed by atoms with van der Waals surface area (Å²) in [4.78, 5) is 16.0. The Morgan fingerprint density at radius 2 is 2.27 bits per heavy atom. The second-order valence-corrected chi connectivity index (χ2v) is 5.72. The van der Waals surface area contributed by atoms with Gasteiger partial charge in [0.25, 0.3) is 0 Å². The lowest BCUT2D eigenvalue weighted by molar-refractivity contribution is -0.122. The average Bonchev–Trinajstić information content (AvgIpc) is 3.20. The number of nitrogens with zero attached hydrogens (tertiary/aromatic N) is 3. The van der Waals surface area contributed by atoms with Crippen LogP contribution in [0.3, 0.4) is 0 Å². The molecule has 1 amide bonds. The number of hydrogen-bond acceptors (Lipinski definition) is 4. The van der Waals surface area contributed by atoms with Crippen LogP contribution < -0.4 is 10.6 Å². The van der Waals surface area contributed by atoms with E-state index in [1.165, 1.54) is 6.33 Å². The van der Waals surface area contributed by atoms with E-state index in [4.69, 9.17) is 0 Å². The number of benzene rings is 1. The molecule has 0 spiro atoms. The van der Waals surface area contributed by atoms with Gasteiger partial charge in [-0.25, -0.2) is 9.67 Å². The van der Waals surface area contributed by atoms with E-state index < -0.39 is 0 Å². The van der Waals surface area contributed by atoms with Crippen molar-refractivity contribution in [3.05, 3.63) is 42.5 Å². The first kappa shape index (κ1) is 14.7. The van der Waals surface area contributed by atoms with E-state index in [9.17, 15) is 4.79 Å². The van der Waals surface area contributed by atoms with Gasteiger partial charge in [0.15, 0.2) is 0 Å². The Labute approximate surface area is 129 Å². The third-order valence-corrected chi connectivity index (χ3v) is 4.05. The highest BCUT2D eigenvalue weighted by molar-refractivity contribution is 5.77. The molecule has 2 unspecified atom stereocenters. The van der Waals surface area contributed by atoms with Crippen LogP contribution in [0.5, 0.6) is 0 Å². The van der Waals surface area contributed by atoms with Crippen LogP contribution in [0.15, 0.2) is 36.9 Å². The Kier molecular flexibility index (Phi) is 4.48. The monoisotopic (exact) mass is 299 g/mol. The molecular weight excluding hydrogens is 278 g/mol. The van der Waals surface area contributed by atoms with Gasteiger partial charge >= 0.3 is 0 Å². The van der Waals surface area contributed by atoms with E-state index >= 15 is 0 Å². The Morgan fingerprint density at radius 1 is 1.45 bits per heavy atom. The van der Waals surface area contributed by atoms with Crippen molar-refractivity contribution >= 4 is 5.91 Å². The molecule has 6 nitrogen and oxygen atoms in total. The molecule has 2 N–H and O–H groups in total. The molecule has 1 aliphatic rings. The molecular formula is C16H21N5O. The first-order chi connectivity index (χ1) is 10.7. The molecule has 6 heteroatoms. The van der Waals surface area contributed by atoms with Crippen molar-refractivity contribution in [2.75, 3.05) is 6.54 Å². The summed E-state index contributed by atoms with van der Waals surface area (Å²) in [6, 6.07) is 8.31. The van der Waals surface area contributed by atoms with Crippen LogP contribution in [-0.4, -0.2) is 33.3 Å². The van der Waals surface area contributed by atoms with Gasteiger partial charge in [0.1, 0.15) is 12.7 Å². The molecule has 2 atom stereocenters. The van der Waals surface area contributed by atoms with E-state index in [1.54, 1.807) is 11.0 Å². The molecule has 3 rings (SSSR count). The smallest absolute Gasteiger partial charge is 0.222 e. The lowest BCUT2D eigenvalue weighted by Crippen LogP contribution is -2.33. The fourth-order valence-corrected chi connectivity index (χ4v) is 2.80. The van der Waals surface area contributed by atoms with Crippen molar-refractivity contribution in [2.45, 2.75) is 38.3 Å². The molecule has 0 saturated carbocycles. The maximum atomic E-state index is 12.1. The molecule has 1 aromatic heterocycles. The summed E-state index contributed by atoms with van der Waals surface area (Å²) < 4.78 is 1.71. The zero-order chi connectivity index (χ0) is 15.4. The standard InChI is InChI=1S/C16H21N5O/c1-12(20-16(22)9-14-3-2-8-18-14)13-4-6-15(7-5-13)21-11-17-10-19-21/h4-7,10-12,14,18H,2-3,8-9H2,1H3,(H,20,22). The van der Waals surface area contributed by atoms with Crippen LogP contribution in [0.4, 0.5) is 0 Å². The minimum Gasteiger partial charge on any atom is -0.350 e. The molecule has 1 aliphatic heterocycles. The number of carbonyl (C=O) groups is 1. The highest BCUT2D eigenvalue weighted by Gasteiger charge is 2.18. The fourth-order valence-electron chi connectivity index (χ4n) is 2.80. The van der Waals surface area contributed by atoms with Crippen molar-refractivity contribution in [1.29, 1.82) is 0 Å². The topological polar surface area (TPSA) is 71.8 Å². The normalized spacial score (nSPS) is 19.0. The van der Waals surface area contributed by atoms with Gasteiger partial charge in [0.2, 0.25) is 5.91 Å². The lowest BCUT2D eigenvalue weighted by Gasteiger charge is -2.16. The molecule has 2 aromatic rings. The quantitative estimate of drug-likeness (QED) is 0.879. The van der Waals surface area contributed by atoms with Gasteiger partial charge in [0.05, 0.1) is 11.7 Å². The molecule has 2 heterocycles. The fraction of sp³-hybridized carbons (Fsp3) is 0.438. The third kappa shape index (κ3) is 3.51. The van der Waals surface area contributed by atoms with Gasteiger partial charge < -0.3 is 10.6 Å². The number of nitrogens with one attached hydrogen (secondary N) is 2. The highest BCUT2D eigenvalue weighted by atomic mass is 16.1. The molecule has 0 bridgehead atoms. The van der Waals surface area contributed by atoms with Crippen molar-refractivity contribution < 1.29 is 4.79 Å². The molecule has 116 valence electrons. The Bertz CT molecular complexity index is 602. The van der Waals surface area contributed by atoms with Gasteiger partial charge in [-0.2, -0.15) is 5.10 Å². The second kappa shape index (κ2) is 6.70. The largest absolute Gasteiger partial charge is 0.350 e. The van der Waals surface area contributed by atoms with Gasteiger partial charge in [-0.1, -0.05) is 12.1 Å². The predicted molar refractivity (Wildman–Crippen MR) is 83.6 cm³/mol. The molecule has 0 radical (unpaired) electrons. The van der Waals surface area contributed by atoms with Crippen LogP contribution in [0.1, 0.15) is 37.8 Å². The van der Waals surface area contributed by atoms with Gasteiger partial charge in [-0.05, 0) is 44.0 Å². The first-order valence-corrected chi connectivity index (χ1v) is 7.70. The maximum Gasteiger partial charge on any atom is 0.222 e. The first-order valence-electron chi connectivity index (χ1n) is 7.70. The van der Waals surface area contributed by atoms with E-state index in [1.807, 2.05) is 31.2 Å². The number of hydrogen-bond donors (Lipinski definition) is 2. The number of carbonyl (C=O) groups excluding carboxylic acids is 1. The lowest BCUT2D eigenvalue weighted by atomic mass is 10.1. The van der Waals surface area contributed by atoms with Crippen molar-refractivity contribution in [1.82, 2.24) is 25.4 Å². The van der Waals surface area contributed by atoms with E-state index in [-0.39, 0.29) is 11.9 Å². The Balaban J connectivity index is 1.57. The minimum absolute atomic E-state index is 0.00120. The molecule has 0 aliphatic carbocycles. The Morgan fingerprint density at radius 3 is 2.91 bits per heavy atom. The maximum absolute atomic E-state index is 12.1. The van der Waals surface area contributed by atoms with Crippen LogP contribution in [0.2, 0.25) is 0 Å². The summed E-state index contributed by atoms with van der Waals surface area (Å²) in [5.74, 6) is 0.104. The van der Waals surface area contributed by atoms with Gasteiger partial charge in [-0.15, -0.1) is 0 Å². The Hall–Kier alpha value is -2.21. The van der Waals surface area contributed by atoms with Crippen LogP contribution in [0, 0.1) is 0 Å². The second-order valence-electron chi connectivity index (χ2n) is 5.72. The van der Waals surface area contributed by atoms with E-state index in [0.29, 0.717) is 12.5 Å². The molecule has 1 aromatic carbocycles. The van der Waals surface area contributed by atoms with Crippen molar-refractivity contribution in [3.63, 3.8) is 0 Å². The summed E-state index contributed by atoms with van der Waals surface area (Å²) in [5.41, 5.74) is 2.03. The summed E-state index contributed by atoms with van der Waals surface area (Å²) >= 11 is 0. The molecule has 1 fully saturated rings. The van der Waals surface area contributed by atoms with Crippen molar-refractivity contribution in [3.8, 4) is 5.69 Å². The van der Waals surface area contributed by atoms with Crippen LogP contribution >= 0.6 is 0 Å². The van der Waals surface area contributed by atoms with Crippen molar-refractivity contribution in [2.24, 2.45) is 0 Å². The zero-order valence-corrected chi connectivity index (χ0v) is 12.7. The molecule has 1 saturated heterocycles.